The van der Waals surface area contributed by atoms with Gasteiger partial charge in [-0.25, -0.2) is 9.79 Å². The van der Waals surface area contributed by atoms with Crippen molar-refractivity contribution in [1.82, 2.24) is 10.6 Å². The minimum atomic E-state index is -0.408. The highest BCUT2D eigenvalue weighted by molar-refractivity contribution is 5.90. The van der Waals surface area contributed by atoms with E-state index in [4.69, 9.17) is 13.9 Å². The first-order valence-electron chi connectivity index (χ1n) is 8.45. The molecule has 0 radical (unpaired) electrons. The lowest BCUT2D eigenvalue weighted by atomic mass is 9.89. The fraction of sp³-hybridized carbons (Fsp3) is 0.667. The molecule has 0 saturated heterocycles. The molecule has 0 aliphatic carbocycles. The number of carbonyl (C=O) groups is 1. The van der Waals surface area contributed by atoms with Crippen LogP contribution in [0.25, 0.3) is 0 Å². The summed E-state index contributed by atoms with van der Waals surface area (Å²) in [6, 6.07) is 1.67. The molecule has 0 saturated carbocycles. The summed E-state index contributed by atoms with van der Waals surface area (Å²) in [6.45, 7) is 11.8. The van der Waals surface area contributed by atoms with E-state index in [1.54, 1.807) is 20.1 Å². The fourth-order valence-corrected chi connectivity index (χ4v) is 2.37. The number of hydrogen-bond donors (Lipinski definition) is 2. The second-order valence-electron chi connectivity index (χ2n) is 6.84. The predicted octanol–water partition coefficient (Wildman–Crippen LogP) is 2.49. The number of nitrogens with zero attached hydrogens (tertiary/aromatic N) is 1. The van der Waals surface area contributed by atoms with Gasteiger partial charge in [0.05, 0.1) is 13.2 Å². The van der Waals surface area contributed by atoms with Crippen LogP contribution >= 0.6 is 0 Å². The van der Waals surface area contributed by atoms with Gasteiger partial charge in [0.15, 0.2) is 5.96 Å². The van der Waals surface area contributed by atoms with Gasteiger partial charge in [-0.3, -0.25) is 0 Å². The minimum Gasteiger partial charge on any atom is -0.465 e. The number of nitrogens with one attached hydrogen (secondary N) is 2. The normalized spacial score (nSPS) is 13.5. The second-order valence-corrected chi connectivity index (χ2v) is 6.84. The van der Waals surface area contributed by atoms with Gasteiger partial charge in [0.2, 0.25) is 0 Å². The number of aryl methyl sites for hydroxylation is 1. The maximum absolute atomic E-state index is 11.6. The summed E-state index contributed by atoms with van der Waals surface area (Å²) in [4.78, 5) is 16.1. The van der Waals surface area contributed by atoms with Gasteiger partial charge in [-0.2, -0.15) is 0 Å². The third kappa shape index (κ3) is 6.42. The molecule has 7 nitrogen and oxygen atoms in total. The van der Waals surface area contributed by atoms with E-state index in [0.29, 0.717) is 36.1 Å². The van der Waals surface area contributed by atoms with Gasteiger partial charge in [0, 0.05) is 20.2 Å². The van der Waals surface area contributed by atoms with Crippen molar-refractivity contribution in [2.24, 2.45) is 10.4 Å². The van der Waals surface area contributed by atoms with E-state index in [9.17, 15) is 4.79 Å². The number of carbonyl (C=O) groups excluding carboxylic acids is 1. The van der Waals surface area contributed by atoms with Crippen LogP contribution in [0.3, 0.4) is 0 Å². The number of rotatable bonds is 7. The number of furan rings is 1. The average Bonchev–Trinajstić information content (AvgIpc) is 2.92. The standard InChI is InChI=1S/C18H31N3O4/c1-8-19-17(21-11-15(23-6)18(3,4)5)20-10-13-9-14(12(2)25-13)16(22)24-7/h9,15H,8,10-11H2,1-7H3,(H2,19,20,21). The lowest BCUT2D eigenvalue weighted by Gasteiger charge is -2.30. The van der Waals surface area contributed by atoms with Crippen molar-refractivity contribution in [3.8, 4) is 0 Å². The van der Waals surface area contributed by atoms with E-state index >= 15 is 0 Å². The molecule has 25 heavy (non-hydrogen) atoms. The number of ether oxygens (including phenoxy) is 2. The molecule has 1 unspecified atom stereocenters. The number of hydrogen-bond acceptors (Lipinski definition) is 5. The van der Waals surface area contributed by atoms with E-state index < -0.39 is 5.97 Å². The Morgan fingerprint density at radius 3 is 2.52 bits per heavy atom. The molecule has 0 aliphatic heterocycles. The van der Waals surface area contributed by atoms with Crippen molar-refractivity contribution in [2.75, 3.05) is 27.3 Å². The van der Waals surface area contributed by atoms with Gasteiger partial charge >= 0.3 is 5.97 Å². The molecule has 2 N–H and O–H groups in total. The molecule has 1 rings (SSSR count). The number of methoxy groups -OCH3 is 2. The van der Waals surface area contributed by atoms with Crippen LogP contribution < -0.4 is 10.6 Å². The lowest BCUT2D eigenvalue weighted by Crippen LogP contribution is -2.45. The maximum Gasteiger partial charge on any atom is 0.341 e. The topological polar surface area (TPSA) is 85.1 Å². The van der Waals surface area contributed by atoms with E-state index in [1.807, 2.05) is 6.92 Å². The molecular weight excluding hydrogens is 322 g/mol. The Hall–Kier alpha value is -2.02. The van der Waals surface area contributed by atoms with E-state index in [2.05, 4.69) is 36.4 Å². The van der Waals surface area contributed by atoms with Crippen molar-refractivity contribution in [3.63, 3.8) is 0 Å². The van der Waals surface area contributed by atoms with Crippen LogP contribution in [-0.2, 0) is 16.0 Å². The van der Waals surface area contributed by atoms with Crippen LogP contribution in [0.5, 0.6) is 0 Å². The van der Waals surface area contributed by atoms with Gasteiger partial charge in [-0.15, -0.1) is 0 Å². The Balaban J connectivity index is 2.77. The van der Waals surface area contributed by atoms with Crippen molar-refractivity contribution in [2.45, 2.75) is 47.3 Å². The highest BCUT2D eigenvalue weighted by Crippen LogP contribution is 2.21. The van der Waals surface area contributed by atoms with Gasteiger partial charge in [0.1, 0.15) is 23.6 Å². The first-order chi connectivity index (χ1) is 11.7. The molecule has 7 heteroatoms. The molecule has 0 fully saturated rings. The van der Waals surface area contributed by atoms with Crippen molar-refractivity contribution in [3.05, 3.63) is 23.2 Å². The molecular formula is C18H31N3O4. The van der Waals surface area contributed by atoms with E-state index in [1.165, 1.54) is 7.11 Å². The second kappa shape index (κ2) is 9.46. The van der Waals surface area contributed by atoms with Crippen LogP contribution in [0.15, 0.2) is 15.5 Å². The zero-order valence-corrected chi connectivity index (χ0v) is 16.4. The predicted molar refractivity (Wildman–Crippen MR) is 97.9 cm³/mol. The number of aliphatic imine (C=N–C) groups is 1. The summed E-state index contributed by atoms with van der Waals surface area (Å²) >= 11 is 0. The summed E-state index contributed by atoms with van der Waals surface area (Å²) in [5.41, 5.74) is 0.449. The van der Waals surface area contributed by atoms with E-state index in [-0.39, 0.29) is 11.5 Å². The van der Waals surface area contributed by atoms with E-state index in [0.717, 1.165) is 6.54 Å². The van der Waals surface area contributed by atoms with Crippen molar-refractivity contribution < 1.29 is 18.7 Å². The van der Waals surface area contributed by atoms with Gasteiger partial charge in [-0.1, -0.05) is 20.8 Å². The van der Waals surface area contributed by atoms with Crippen LogP contribution in [0, 0.1) is 12.3 Å². The largest absolute Gasteiger partial charge is 0.465 e. The Morgan fingerprint density at radius 2 is 2.00 bits per heavy atom. The summed E-state index contributed by atoms with van der Waals surface area (Å²) in [7, 11) is 3.06. The third-order valence-corrected chi connectivity index (χ3v) is 3.82. The summed E-state index contributed by atoms with van der Waals surface area (Å²) in [5.74, 6) is 1.40. The summed E-state index contributed by atoms with van der Waals surface area (Å²) in [5, 5.41) is 6.47. The molecule has 1 aromatic rings. The summed E-state index contributed by atoms with van der Waals surface area (Å²) in [6.07, 6.45) is 0.0492. The van der Waals surface area contributed by atoms with Crippen LogP contribution in [0.1, 0.15) is 49.6 Å². The Bertz CT molecular complexity index is 588. The third-order valence-electron chi connectivity index (χ3n) is 3.82. The molecule has 1 aromatic heterocycles. The Morgan fingerprint density at radius 1 is 1.32 bits per heavy atom. The van der Waals surface area contributed by atoms with Gasteiger partial charge in [-0.05, 0) is 25.3 Å². The lowest BCUT2D eigenvalue weighted by molar-refractivity contribution is 0.0205. The Kier molecular flexibility index (Phi) is 7.96. The van der Waals surface area contributed by atoms with Crippen molar-refractivity contribution >= 4 is 11.9 Å². The molecule has 0 amide bonds. The average molecular weight is 353 g/mol. The zero-order valence-electron chi connectivity index (χ0n) is 16.4. The smallest absolute Gasteiger partial charge is 0.341 e. The van der Waals surface area contributed by atoms with Crippen LogP contribution in [0.2, 0.25) is 0 Å². The highest BCUT2D eigenvalue weighted by Gasteiger charge is 2.24. The van der Waals surface area contributed by atoms with Gasteiger partial charge < -0.3 is 24.5 Å². The first-order valence-corrected chi connectivity index (χ1v) is 8.45. The molecule has 0 bridgehead atoms. The Labute approximate surface area is 150 Å². The van der Waals surface area contributed by atoms with Crippen LogP contribution in [-0.4, -0.2) is 45.3 Å². The zero-order chi connectivity index (χ0) is 19.0. The molecule has 142 valence electrons. The first kappa shape index (κ1) is 21.0. The number of esters is 1. The molecule has 0 spiro atoms. The quantitative estimate of drug-likeness (QED) is 0.445. The SMILES string of the molecule is CCNC(=NCc1cc(C(=O)OC)c(C)o1)NCC(OC)C(C)(C)C. The fourth-order valence-electron chi connectivity index (χ4n) is 2.37. The summed E-state index contributed by atoms with van der Waals surface area (Å²) < 4.78 is 15.9. The highest BCUT2D eigenvalue weighted by atomic mass is 16.5. The molecule has 1 heterocycles. The maximum atomic E-state index is 11.6. The monoisotopic (exact) mass is 353 g/mol. The minimum absolute atomic E-state index is 0.0204. The molecule has 0 aromatic carbocycles. The molecule has 1 atom stereocenters. The van der Waals surface area contributed by atoms with Crippen molar-refractivity contribution in [1.29, 1.82) is 0 Å². The number of guanidine groups is 1. The van der Waals surface area contributed by atoms with Crippen LogP contribution in [0.4, 0.5) is 0 Å². The molecule has 0 aliphatic rings. The van der Waals surface area contributed by atoms with Gasteiger partial charge in [0.25, 0.3) is 0 Å².